The van der Waals surface area contributed by atoms with Gasteiger partial charge in [0.2, 0.25) is 0 Å². The molecule has 0 aromatic heterocycles. The Bertz CT molecular complexity index is 365. The predicted octanol–water partition coefficient (Wildman–Crippen LogP) is 2.02. The van der Waals surface area contributed by atoms with Gasteiger partial charge >= 0.3 is 6.18 Å². The van der Waals surface area contributed by atoms with Crippen molar-refractivity contribution in [2.75, 3.05) is 0 Å². The maximum Gasteiger partial charge on any atom is 0.416 e. The van der Waals surface area contributed by atoms with Gasteiger partial charge in [-0.25, -0.2) is 0 Å². The van der Waals surface area contributed by atoms with Gasteiger partial charge in [-0.05, 0) is 17.7 Å². The van der Waals surface area contributed by atoms with Crippen LogP contribution in [0, 0.1) is 0 Å². The van der Waals surface area contributed by atoms with E-state index in [4.69, 9.17) is 0 Å². The zero-order chi connectivity index (χ0) is 11.5. The molecule has 0 bridgehead atoms. The van der Waals surface area contributed by atoms with E-state index in [1.807, 2.05) is 0 Å². The molecule has 0 saturated carbocycles. The van der Waals surface area contributed by atoms with Crippen LogP contribution in [0.5, 0.6) is 0 Å². The Labute approximate surface area is 83.7 Å². The van der Waals surface area contributed by atoms with Crippen LogP contribution in [-0.4, -0.2) is 12.1 Å². The highest BCUT2D eigenvalue weighted by Crippen LogP contribution is 2.29. The van der Waals surface area contributed by atoms with Crippen LogP contribution in [0.1, 0.15) is 11.1 Å². The lowest BCUT2D eigenvalue weighted by Gasteiger charge is -2.06. The van der Waals surface area contributed by atoms with E-state index >= 15 is 0 Å². The van der Waals surface area contributed by atoms with Crippen LogP contribution < -0.4 is 0 Å². The first-order valence-corrected chi connectivity index (χ1v) is 4.07. The van der Waals surface area contributed by atoms with E-state index in [0.29, 0.717) is 5.56 Å². The largest absolute Gasteiger partial charge is 0.416 e. The quantitative estimate of drug-likeness (QED) is 0.572. The van der Waals surface area contributed by atoms with Gasteiger partial charge in [-0.3, -0.25) is 9.59 Å². The Morgan fingerprint density at radius 1 is 1.20 bits per heavy atom. The van der Waals surface area contributed by atoms with Gasteiger partial charge in [-0.15, -0.1) is 0 Å². The van der Waals surface area contributed by atoms with Crippen molar-refractivity contribution in [2.24, 2.45) is 0 Å². The summed E-state index contributed by atoms with van der Waals surface area (Å²) < 4.78 is 36.4. The minimum absolute atomic E-state index is 0.150. The molecule has 1 aromatic rings. The number of carbonyl (C=O) groups excluding carboxylic acids is 2. The summed E-state index contributed by atoms with van der Waals surface area (Å²) in [7, 11) is 0. The molecule has 0 saturated heterocycles. The third-order valence-electron chi connectivity index (χ3n) is 1.79. The minimum atomic E-state index is -4.38. The standard InChI is InChI=1S/C10H7F3O2/c11-10(12,13)8-3-1-7(2-4-8)5-9(15)6-14/h1-4,6H,5H2. The van der Waals surface area contributed by atoms with Crippen LogP contribution in [0.3, 0.4) is 0 Å². The van der Waals surface area contributed by atoms with Gasteiger partial charge in [0.15, 0.2) is 12.1 Å². The van der Waals surface area contributed by atoms with Crippen LogP contribution in [-0.2, 0) is 22.2 Å². The molecule has 0 aliphatic heterocycles. The Kier molecular flexibility index (Phi) is 3.24. The first kappa shape index (κ1) is 11.4. The molecular formula is C10H7F3O2. The van der Waals surface area contributed by atoms with E-state index in [9.17, 15) is 22.8 Å². The van der Waals surface area contributed by atoms with Crippen molar-refractivity contribution < 1.29 is 22.8 Å². The SMILES string of the molecule is O=CC(=O)Cc1ccc(C(F)(F)F)cc1. The molecule has 0 aliphatic carbocycles. The third kappa shape index (κ3) is 3.19. The molecular weight excluding hydrogens is 209 g/mol. The molecule has 0 spiro atoms. The number of hydrogen-bond donors (Lipinski definition) is 0. The molecule has 0 N–H and O–H groups in total. The molecule has 0 fully saturated rings. The number of ketones is 1. The van der Waals surface area contributed by atoms with E-state index in [1.165, 1.54) is 12.1 Å². The number of Topliss-reactive ketones (excluding diaryl/α,β-unsaturated/α-hetero) is 1. The lowest BCUT2D eigenvalue weighted by atomic mass is 10.1. The molecule has 15 heavy (non-hydrogen) atoms. The first-order chi connectivity index (χ1) is 6.93. The molecule has 0 aliphatic rings. The molecule has 0 amide bonds. The number of carbonyl (C=O) groups is 2. The van der Waals surface area contributed by atoms with E-state index in [2.05, 4.69) is 0 Å². The number of aldehydes is 1. The smallest absolute Gasteiger partial charge is 0.295 e. The summed E-state index contributed by atoms with van der Waals surface area (Å²) in [6.07, 6.45) is -4.40. The molecule has 80 valence electrons. The second kappa shape index (κ2) is 4.25. The fraction of sp³-hybridized carbons (Fsp3) is 0.200. The molecule has 0 radical (unpaired) electrons. The molecule has 2 nitrogen and oxygen atoms in total. The highest BCUT2D eigenvalue weighted by molar-refractivity contribution is 6.25. The van der Waals surface area contributed by atoms with Crippen LogP contribution in [0.15, 0.2) is 24.3 Å². The molecule has 0 heterocycles. The summed E-state index contributed by atoms with van der Waals surface area (Å²) in [5.41, 5.74) is -0.384. The summed E-state index contributed by atoms with van der Waals surface area (Å²) in [6, 6.07) is 4.13. The van der Waals surface area contributed by atoms with Crippen LogP contribution in [0.2, 0.25) is 0 Å². The summed E-state index contributed by atoms with van der Waals surface area (Å²) in [5, 5.41) is 0. The number of alkyl halides is 3. The van der Waals surface area contributed by atoms with Crippen molar-refractivity contribution in [3.8, 4) is 0 Å². The topological polar surface area (TPSA) is 34.1 Å². The minimum Gasteiger partial charge on any atom is -0.295 e. The Morgan fingerprint density at radius 2 is 1.73 bits per heavy atom. The molecule has 5 heteroatoms. The molecule has 0 unspecified atom stereocenters. The van der Waals surface area contributed by atoms with Gasteiger partial charge in [-0.1, -0.05) is 12.1 Å². The van der Waals surface area contributed by atoms with Crippen molar-refractivity contribution in [2.45, 2.75) is 12.6 Å². The first-order valence-electron chi connectivity index (χ1n) is 4.07. The van der Waals surface area contributed by atoms with Crippen molar-refractivity contribution in [3.05, 3.63) is 35.4 Å². The fourth-order valence-electron chi connectivity index (χ4n) is 1.05. The number of halogens is 3. The highest BCUT2D eigenvalue weighted by atomic mass is 19.4. The second-order valence-corrected chi connectivity index (χ2v) is 2.96. The summed E-state index contributed by atoms with van der Waals surface area (Å²) in [6.45, 7) is 0. The number of hydrogen-bond acceptors (Lipinski definition) is 2. The van der Waals surface area contributed by atoms with Crippen LogP contribution in [0.25, 0.3) is 0 Å². The molecule has 1 rings (SSSR count). The van der Waals surface area contributed by atoms with Gasteiger partial charge in [-0.2, -0.15) is 13.2 Å². The summed E-state index contributed by atoms with van der Waals surface area (Å²) >= 11 is 0. The molecule has 0 atom stereocenters. The number of rotatable bonds is 3. The van der Waals surface area contributed by atoms with Crippen molar-refractivity contribution in [1.29, 1.82) is 0 Å². The van der Waals surface area contributed by atoms with E-state index < -0.39 is 17.5 Å². The lowest BCUT2D eigenvalue weighted by Crippen LogP contribution is -2.06. The van der Waals surface area contributed by atoms with E-state index in [-0.39, 0.29) is 12.7 Å². The maximum absolute atomic E-state index is 12.1. The van der Waals surface area contributed by atoms with Crippen molar-refractivity contribution in [3.63, 3.8) is 0 Å². The Morgan fingerprint density at radius 3 is 2.13 bits per heavy atom. The average Bonchev–Trinajstić information content (AvgIpc) is 2.17. The fourth-order valence-corrected chi connectivity index (χ4v) is 1.05. The summed E-state index contributed by atoms with van der Waals surface area (Å²) in [5.74, 6) is -0.658. The second-order valence-electron chi connectivity index (χ2n) is 2.96. The monoisotopic (exact) mass is 216 g/mol. The van der Waals surface area contributed by atoms with Gasteiger partial charge in [0.1, 0.15) is 0 Å². The maximum atomic E-state index is 12.1. The van der Waals surface area contributed by atoms with Crippen LogP contribution in [0.4, 0.5) is 13.2 Å². The Balaban J connectivity index is 2.81. The van der Waals surface area contributed by atoms with Gasteiger partial charge in [0, 0.05) is 6.42 Å². The van der Waals surface area contributed by atoms with Crippen molar-refractivity contribution in [1.82, 2.24) is 0 Å². The van der Waals surface area contributed by atoms with Gasteiger partial charge in [0.05, 0.1) is 5.56 Å². The van der Waals surface area contributed by atoms with Gasteiger partial charge < -0.3 is 0 Å². The molecule has 1 aromatic carbocycles. The predicted molar refractivity (Wildman–Crippen MR) is 46.2 cm³/mol. The van der Waals surface area contributed by atoms with E-state index in [0.717, 1.165) is 12.1 Å². The number of benzene rings is 1. The van der Waals surface area contributed by atoms with Crippen LogP contribution >= 0.6 is 0 Å². The van der Waals surface area contributed by atoms with Gasteiger partial charge in [0.25, 0.3) is 0 Å². The summed E-state index contributed by atoms with van der Waals surface area (Å²) in [4.78, 5) is 20.7. The van der Waals surface area contributed by atoms with E-state index in [1.54, 1.807) is 0 Å². The lowest BCUT2D eigenvalue weighted by molar-refractivity contribution is -0.137. The Hall–Kier alpha value is -1.65. The average molecular weight is 216 g/mol. The third-order valence-corrected chi connectivity index (χ3v) is 1.79. The zero-order valence-corrected chi connectivity index (χ0v) is 7.54. The zero-order valence-electron chi connectivity index (χ0n) is 7.54. The van der Waals surface area contributed by atoms with Crippen molar-refractivity contribution >= 4 is 12.1 Å². The highest BCUT2D eigenvalue weighted by Gasteiger charge is 2.29. The normalized spacial score (nSPS) is 11.1.